The van der Waals surface area contributed by atoms with Crippen molar-refractivity contribution in [3.63, 3.8) is 0 Å². The van der Waals surface area contributed by atoms with Gasteiger partial charge < -0.3 is 10.2 Å². The van der Waals surface area contributed by atoms with Crippen LogP contribution in [0.3, 0.4) is 0 Å². The van der Waals surface area contributed by atoms with Gasteiger partial charge in [0.2, 0.25) is 11.8 Å². The number of carbonyl (C=O) groups is 2. The molecule has 4 rings (SSSR count). The Morgan fingerprint density at radius 2 is 2.04 bits per heavy atom. The van der Waals surface area contributed by atoms with Gasteiger partial charge in [0.15, 0.2) is 0 Å². The lowest BCUT2D eigenvalue weighted by Gasteiger charge is -2.36. The van der Waals surface area contributed by atoms with Crippen molar-refractivity contribution in [3.8, 4) is 0 Å². The van der Waals surface area contributed by atoms with E-state index in [9.17, 15) is 9.59 Å². The molecular weight excluding hydrogens is 332 g/mol. The number of likely N-dealkylation sites (tertiary alicyclic amines) is 1. The molecule has 1 N–H and O–H groups in total. The van der Waals surface area contributed by atoms with Crippen LogP contribution >= 0.6 is 11.3 Å². The van der Waals surface area contributed by atoms with E-state index in [1.54, 1.807) is 11.3 Å². The average molecular weight is 356 g/mol. The fourth-order valence-electron chi connectivity index (χ4n) is 4.11. The molecule has 1 aromatic heterocycles. The number of piperidine rings is 1. The lowest BCUT2D eigenvalue weighted by molar-refractivity contribution is -0.140. The van der Waals surface area contributed by atoms with Gasteiger partial charge in [-0.05, 0) is 53.8 Å². The highest BCUT2D eigenvalue weighted by molar-refractivity contribution is 7.17. The Bertz CT molecular complexity index is 779. The Morgan fingerprint density at radius 1 is 1.20 bits per heavy atom. The number of nitrogens with zero attached hydrogens (tertiary/aromatic N) is 1. The van der Waals surface area contributed by atoms with Crippen LogP contribution in [0.15, 0.2) is 29.6 Å². The predicted molar refractivity (Wildman–Crippen MR) is 100 cm³/mol. The Morgan fingerprint density at radius 3 is 2.88 bits per heavy atom. The van der Waals surface area contributed by atoms with E-state index in [4.69, 9.17) is 0 Å². The van der Waals surface area contributed by atoms with E-state index < -0.39 is 0 Å². The monoisotopic (exact) mass is 356 g/mol. The number of carbonyl (C=O) groups excluding carboxylic acids is 2. The van der Waals surface area contributed by atoms with Crippen molar-refractivity contribution >= 4 is 33.2 Å². The van der Waals surface area contributed by atoms with Crippen molar-refractivity contribution in [2.24, 2.45) is 5.92 Å². The maximum atomic E-state index is 12.6. The van der Waals surface area contributed by atoms with Crippen molar-refractivity contribution in [1.82, 2.24) is 10.2 Å². The van der Waals surface area contributed by atoms with E-state index in [0.717, 1.165) is 18.4 Å². The fraction of sp³-hybridized carbons (Fsp3) is 0.500. The summed E-state index contributed by atoms with van der Waals surface area (Å²) in [4.78, 5) is 26.8. The summed E-state index contributed by atoms with van der Waals surface area (Å²) in [5, 5.41) is 6.39. The molecule has 2 fully saturated rings. The van der Waals surface area contributed by atoms with Crippen LogP contribution in [0.5, 0.6) is 0 Å². The minimum absolute atomic E-state index is 0.0665. The number of benzene rings is 1. The van der Waals surface area contributed by atoms with Crippen molar-refractivity contribution in [2.75, 3.05) is 6.54 Å². The van der Waals surface area contributed by atoms with Crippen LogP contribution in [0.1, 0.15) is 44.1 Å². The van der Waals surface area contributed by atoms with Gasteiger partial charge in [-0.2, -0.15) is 0 Å². The van der Waals surface area contributed by atoms with Crippen molar-refractivity contribution in [3.05, 3.63) is 35.2 Å². The zero-order valence-electron chi connectivity index (χ0n) is 14.4. The largest absolute Gasteiger partial charge is 0.352 e. The molecule has 5 heteroatoms. The van der Waals surface area contributed by atoms with Crippen LogP contribution < -0.4 is 5.32 Å². The number of thiophene rings is 1. The summed E-state index contributed by atoms with van der Waals surface area (Å²) in [7, 11) is 0. The van der Waals surface area contributed by atoms with E-state index in [-0.39, 0.29) is 17.7 Å². The second kappa shape index (κ2) is 7.16. The Hall–Kier alpha value is -1.88. The molecule has 1 saturated carbocycles. The number of hydrogen-bond donors (Lipinski definition) is 1. The molecule has 0 radical (unpaired) electrons. The Labute approximate surface area is 152 Å². The predicted octanol–water partition coefficient (Wildman–Crippen LogP) is 3.70. The quantitative estimate of drug-likeness (QED) is 0.908. The minimum Gasteiger partial charge on any atom is -0.352 e. The summed E-state index contributed by atoms with van der Waals surface area (Å²) in [6.07, 6.45) is 5.79. The molecule has 132 valence electrons. The molecule has 1 aliphatic heterocycles. The first-order valence-corrected chi connectivity index (χ1v) is 10.1. The van der Waals surface area contributed by atoms with Crippen LogP contribution in [-0.4, -0.2) is 29.3 Å². The molecule has 1 saturated heterocycles. The molecule has 25 heavy (non-hydrogen) atoms. The summed E-state index contributed by atoms with van der Waals surface area (Å²) >= 11 is 1.73. The molecule has 2 heterocycles. The Balaban J connectivity index is 1.36. The number of nitrogens with one attached hydrogen (secondary N) is 1. The maximum Gasteiger partial charge on any atom is 0.225 e. The summed E-state index contributed by atoms with van der Waals surface area (Å²) in [5.41, 5.74) is 1.12. The van der Waals surface area contributed by atoms with Crippen LogP contribution in [-0.2, 0) is 16.1 Å². The van der Waals surface area contributed by atoms with E-state index in [1.807, 2.05) is 4.90 Å². The van der Waals surface area contributed by atoms with Gasteiger partial charge in [0.25, 0.3) is 0 Å². The van der Waals surface area contributed by atoms with Crippen LogP contribution in [0.4, 0.5) is 0 Å². The number of fused-ring (bicyclic) bond motifs is 1. The van der Waals surface area contributed by atoms with Gasteiger partial charge >= 0.3 is 0 Å². The molecule has 1 unspecified atom stereocenters. The van der Waals surface area contributed by atoms with Crippen molar-refractivity contribution in [2.45, 2.75) is 51.1 Å². The van der Waals surface area contributed by atoms with E-state index >= 15 is 0 Å². The molecule has 2 amide bonds. The standard InChI is InChI=1S/C20H24N2O2S/c23-19-8-6-16(13-22(19)17-3-1-2-4-17)20(24)21-12-14-5-7-18-15(11-14)9-10-25-18/h5,7,9-11,16-17H,1-4,6,8,12-13H2,(H,21,24). The first kappa shape index (κ1) is 16.6. The smallest absolute Gasteiger partial charge is 0.225 e. The first-order valence-electron chi connectivity index (χ1n) is 9.24. The molecule has 4 nitrogen and oxygen atoms in total. The van der Waals surface area contributed by atoms with Gasteiger partial charge in [-0.25, -0.2) is 0 Å². The van der Waals surface area contributed by atoms with Crippen molar-refractivity contribution in [1.29, 1.82) is 0 Å². The van der Waals surface area contributed by atoms with E-state index in [2.05, 4.69) is 35.0 Å². The van der Waals surface area contributed by atoms with E-state index in [1.165, 1.54) is 22.9 Å². The third-order valence-electron chi connectivity index (χ3n) is 5.56. The average Bonchev–Trinajstić information content (AvgIpc) is 3.31. The topological polar surface area (TPSA) is 49.4 Å². The molecule has 1 aromatic carbocycles. The highest BCUT2D eigenvalue weighted by Crippen LogP contribution is 2.29. The van der Waals surface area contributed by atoms with Gasteiger partial charge in [0.1, 0.15) is 0 Å². The molecular formula is C20H24N2O2S. The van der Waals surface area contributed by atoms with Crippen LogP contribution in [0.25, 0.3) is 10.1 Å². The van der Waals surface area contributed by atoms with Gasteiger partial charge in [-0.15, -0.1) is 11.3 Å². The van der Waals surface area contributed by atoms with Gasteiger partial charge in [-0.1, -0.05) is 18.9 Å². The number of amides is 2. The Kier molecular flexibility index (Phi) is 4.75. The second-order valence-corrected chi connectivity index (χ2v) is 8.18. The normalized spacial score (nSPS) is 21.8. The summed E-state index contributed by atoms with van der Waals surface area (Å²) < 4.78 is 1.27. The SMILES string of the molecule is O=C(NCc1ccc2sccc2c1)C1CCC(=O)N(C2CCCC2)C1. The number of hydrogen-bond acceptors (Lipinski definition) is 3. The van der Waals surface area contributed by atoms with Crippen LogP contribution in [0, 0.1) is 5.92 Å². The highest BCUT2D eigenvalue weighted by atomic mass is 32.1. The lowest BCUT2D eigenvalue weighted by Crippen LogP contribution is -2.49. The third kappa shape index (κ3) is 3.56. The van der Waals surface area contributed by atoms with Gasteiger partial charge in [0, 0.05) is 30.3 Å². The van der Waals surface area contributed by atoms with Gasteiger partial charge in [-0.3, -0.25) is 9.59 Å². The molecule has 1 atom stereocenters. The van der Waals surface area contributed by atoms with E-state index in [0.29, 0.717) is 32.0 Å². The lowest BCUT2D eigenvalue weighted by atomic mass is 9.94. The summed E-state index contributed by atoms with van der Waals surface area (Å²) in [6, 6.07) is 8.81. The van der Waals surface area contributed by atoms with Crippen molar-refractivity contribution < 1.29 is 9.59 Å². The highest BCUT2D eigenvalue weighted by Gasteiger charge is 2.34. The molecule has 0 bridgehead atoms. The first-order chi connectivity index (χ1) is 12.2. The van der Waals surface area contributed by atoms with Gasteiger partial charge in [0.05, 0.1) is 5.92 Å². The zero-order chi connectivity index (χ0) is 17.2. The van der Waals surface area contributed by atoms with Crippen LogP contribution in [0.2, 0.25) is 0 Å². The third-order valence-corrected chi connectivity index (χ3v) is 6.46. The molecule has 2 aliphatic rings. The number of rotatable bonds is 4. The second-order valence-electron chi connectivity index (χ2n) is 7.23. The summed E-state index contributed by atoms with van der Waals surface area (Å²) in [6.45, 7) is 1.15. The fourth-order valence-corrected chi connectivity index (χ4v) is 4.89. The zero-order valence-corrected chi connectivity index (χ0v) is 15.2. The molecule has 2 aromatic rings. The maximum absolute atomic E-state index is 12.6. The molecule has 1 aliphatic carbocycles. The minimum atomic E-state index is -0.0665. The molecule has 0 spiro atoms. The summed E-state index contributed by atoms with van der Waals surface area (Å²) in [5.74, 6) is 0.253.